The predicted molar refractivity (Wildman–Crippen MR) is 68.2 cm³/mol. The van der Waals surface area contributed by atoms with Crippen LogP contribution in [-0.4, -0.2) is 37.3 Å². The highest BCUT2D eigenvalue weighted by Gasteiger charge is 2.31. The Labute approximate surface area is 107 Å². The first-order chi connectivity index (χ1) is 8.55. The molecule has 1 aliphatic heterocycles. The molecule has 1 heterocycles. The van der Waals surface area contributed by atoms with Gasteiger partial charge in [0.2, 0.25) is 0 Å². The Morgan fingerprint density at radius 3 is 2.78 bits per heavy atom. The van der Waals surface area contributed by atoms with Gasteiger partial charge in [0.25, 0.3) is 0 Å². The molecule has 1 N–H and O–H groups in total. The number of benzene rings is 1. The van der Waals surface area contributed by atoms with E-state index in [0.29, 0.717) is 18.4 Å². The second-order valence-electron chi connectivity index (χ2n) is 5.04. The minimum absolute atomic E-state index is 0.216. The van der Waals surface area contributed by atoms with Crippen molar-refractivity contribution in [1.82, 2.24) is 4.90 Å². The van der Waals surface area contributed by atoms with Crippen LogP contribution in [0, 0.1) is 5.82 Å². The highest BCUT2D eigenvalue weighted by Crippen LogP contribution is 2.34. The number of likely N-dealkylation sites (tertiary alicyclic amines) is 1. The molecule has 1 aliphatic rings. The first-order valence-electron chi connectivity index (χ1n) is 6.30. The fourth-order valence-corrected chi connectivity index (χ4v) is 2.50. The molecule has 1 aromatic carbocycles. The van der Waals surface area contributed by atoms with Crippen LogP contribution < -0.4 is 4.74 Å². The van der Waals surface area contributed by atoms with Gasteiger partial charge in [-0.15, -0.1) is 0 Å². The highest BCUT2D eigenvalue weighted by atomic mass is 19.1. The van der Waals surface area contributed by atoms with E-state index >= 15 is 0 Å². The molecule has 0 amide bonds. The molecule has 1 aromatic rings. The summed E-state index contributed by atoms with van der Waals surface area (Å²) in [5.41, 5.74) is -0.270. The lowest BCUT2D eigenvalue weighted by Crippen LogP contribution is -2.27. The summed E-state index contributed by atoms with van der Waals surface area (Å²) in [6, 6.07) is 4.73. The Bertz CT molecular complexity index is 424. The molecule has 100 valence electrons. The third kappa shape index (κ3) is 2.65. The van der Waals surface area contributed by atoms with E-state index in [9.17, 15) is 9.50 Å². The van der Waals surface area contributed by atoms with Gasteiger partial charge < -0.3 is 14.7 Å². The van der Waals surface area contributed by atoms with Gasteiger partial charge >= 0.3 is 0 Å². The van der Waals surface area contributed by atoms with Crippen LogP contribution in [0.15, 0.2) is 18.2 Å². The molecule has 0 bridgehead atoms. The zero-order valence-electron chi connectivity index (χ0n) is 10.9. The molecule has 1 atom stereocenters. The van der Waals surface area contributed by atoms with Crippen molar-refractivity contribution in [3.63, 3.8) is 0 Å². The minimum atomic E-state index is -0.919. The van der Waals surface area contributed by atoms with Gasteiger partial charge in [-0.3, -0.25) is 0 Å². The van der Waals surface area contributed by atoms with Crippen LogP contribution in [0.2, 0.25) is 0 Å². The van der Waals surface area contributed by atoms with Crippen LogP contribution in [0.1, 0.15) is 24.8 Å². The molecule has 3 nitrogen and oxygen atoms in total. The second kappa shape index (κ2) is 5.24. The summed E-state index contributed by atoms with van der Waals surface area (Å²) in [6.07, 6.45) is 2.22. The number of ether oxygens (including phenoxy) is 1. The number of halogens is 1. The lowest BCUT2D eigenvalue weighted by atomic mass is 9.87. The van der Waals surface area contributed by atoms with Crippen LogP contribution in [0.25, 0.3) is 0 Å². The van der Waals surface area contributed by atoms with Crippen LogP contribution in [-0.2, 0) is 5.60 Å². The largest absolute Gasteiger partial charge is 0.494 e. The Morgan fingerprint density at radius 1 is 1.33 bits per heavy atom. The van der Waals surface area contributed by atoms with E-state index in [1.165, 1.54) is 13.2 Å². The summed E-state index contributed by atoms with van der Waals surface area (Å²) in [4.78, 5) is 2.19. The molecule has 0 radical (unpaired) electrons. The van der Waals surface area contributed by atoms with E-state index < -0.39 is 11.4 Å². The first kappa shape index (κ1) is 13.3. The van der Waals surface area contributed by atoms with E-state index in [0.717, 1.165) is 19.5 Å². The van der Waals surface area contributed by atoms with E-state index in [1.807, 2.05) is 7.05 Å². The Balaban J connectivity index is 2.26. The average molecular weight is 253 g/mol. The highest BCUT2D eigenvalue weighted by molar-refractivity contribution is 5.32. The van der Waals surface area contributed by atoms with Crippen LogP contribution in [0.3, 0.4) is 0 Å². The molecule has 0 saturated carbocycles. The molecule has 0 aromatic heterocycles. The van der Waals surface area contributed by atoms with Gasteiger partial charge in [0, 0.05) is 6.54 Å². The Kier molecular flexibility index (Phi) is 3.88. The smallest absolute Gasteiger partial charge is 0.165 e. The van der Waals surface area contributed by atoms with E-state index in [4.69, 9.17) is 4.74 Å². The maximum Gasteiger partial charge on any atom is 0.165 e. The van der Waals surface area contributed by atoms with Gasteiger partial charge in [0.05, 0.1) is 12.7 Å². The van der Waals surface area contributed by atoms with Gasteiger partial charge in [-0.05, 0) is 50.6 Å². The summed E-state index contributed by atoms with van der Waals surface area (Å²) < 4.78 is 18.6. The second-order valence-corrected chi connectivity index (χ2v) is 5.04. The zero-order chi connectivity index (χ0) is 13.2. The first-order valence-corrected chi connectivity index (χ1v) is 6.30. The third-order valence-corrected chi connectivity index (χ3v) is 3.73. The number of hydrogen-bond donors (Lipinski definition) is 1. The maximum absolute atomic E-state index is 13.7. The molecular weight excluding hydrogens is 233 g/mol. The molecule has 1 saturated heterocycles. The van der Waals surface area contributed by atoms with Crippen molar-refractivity contribution in [3.8, 4) is 5.75 Å². The van der Waals surface area contributed by atoms with Gasteiger partial charge in [-0.25, -0.2) is 4.39 Å². The van der Waals surface area contributed by atoms with Crippen molar-refractivity contribution in [2.45, 2.75) is 24.9 Å². The summed E-state index contributed by atoms with van der Waals surface area (Å²) >= 11 is 0. The molecule has 1 fully saturated rings. The number of rotatable bonds is 2. The molecule has 18 heavy (non-hydrogen) atoms. The molecule has 4 heteroatoms. The summed E-state index contributed by atoms with van der Waals surface area (Å²) in [5.74, 6) is -0.200. The summed E-state index contributed by atoms with van der Waals surface area (Å²) in [7, 11) is 3.48. The zero-order valence-corrected chi connectivity index (χ0v) is 10.9. The fourth-order valence-electron chi connectivity index (χ4n) is 2.50. The van der Waals surface area contributed by atoms with Gasteiger partial charge in [0.15, 0.2) is 11.6 Å². The SMILES string of the molecule is COc1ccc(C2(O)CCCN(C)CC2)cc1F. The molecule has 0 aliphatic carbocycles. The topological polar surface area (TPSA) is 32.7 Å². The van der Waals surface area contributed by atoms with Crippen molar-refractivity contribution in [2.24, 2.45) is 0 Å². The lowest BCUT2D eigenvalue weighted by Gasteiger charge is -2.27. The minimum Gasteiger partial charge on any atom is -0.494 e. The molecule has 0 spiro atoms. The normalized spacial score (nSPS) is 25.8. The third-order valence-electron chi connectivity index (χ3n) is 3.73. The monoisotopic (exact) mass is 253 g/mol. The van der Waals surface area contributed by atoms with E-state index in [-0.39, 0.29) is 5.75 Å². The quantitative estimate of drug-likeness (QED) is 0.876. The fraction of sp³-hybridized carbons (Fsp3) is 0.571. The number of methoxy groups -OCH3 is 1. The number of hydrogen-bond acceptors (Lipinski definition) is 3. The van der Waals surface area contributed by atoms with Crippen molar-refractivity contribution in [3.05, 3.63) is 29.6 Å². The van der Waals surface area contributed by atoms with Crippen molar-refractivity contribution < 1.29 is 14.2 Å². The summed E-state index contributed by atoms with van der Waals surface area (Å²) in [6.45, 7) is 1.80. The Hall–Kier alpha value is -1.13. The molecular formula is C14H20FNO2. The molecule has 2 rings (SSSR count). The van der Waals surface area contributed by atoms with Gasteiger partial charge in [-0.2, -0.15) is 0 Å². The standard InChI is InChI=1S/C14H20FNO2/c1-16-8-3-6-14(17,7-9-16)11-4-5-13(18-2)12(15)10-11/h4-5,10,17H,3,6-9H2,1-2H3. The molecule has 1 unspecified atom stereocenters. The Morgan fingerprint density at radius 2 is 2.11 bits per heavy atom. The van der Waals surface area contributed by atoms with Crippen LogP contribution in [0.5, 0.6) is 5.75 Å². The van der Waals surface area contributed by atoms with Gasteiger partial charge in [0.1, 0.15) is 0 Å². The van der Waals surface area contributed by atoms with Crippen molar-refractivity contribution in [2.75, 3.05) is 27.2 Å². The number of nitrogens with zero attached hydrogens (tertiary/aromatic N) is 1. The lowest BCUT2D eigenvalue weighted by molar-refractivity contribution is 0.0215. The summed E-state index contributed by atoms with van der Waals surface area (Å²) in [5, 5.41) is 10.7. The average Bonchev–Trinajstić information content (AvgIpc) is 2.52. The van der Waals surface area contributed by atoms with Crippen molar-refractivity contribution in [1.29, 1.82) is 0 Å². The van der Waals surface area contributed by atoms with Crippen LogP contribution in [0.4, 0.5) is 4.39 Å². The van der Waals surface area contributed by atoms with E-state index in [2.05, 4.69) is 4.90 Å². The maximum atomic E-state index is 13.7. The predicted octanol–water partition coefficient (Wildman–Crippen LogP) is 2.14. The van der Waals surface area contributed by atoms with Gasteiger partial charge in [-0.1, -0.05) is 6.07 Å². The van der Waals surface area contributed by atoms with Crippen LogP contribution >= 0.6 is 0 Å². The van der Waals surface area contributed by atoms with E-state index in [1.54, 1.807) is 12.1 Å². The number of aliphatic hydroxyl groups is 1. The van der Waals surface area contributed by atoms with Crippen molar-refractivity contribution >= 4 is 0 Å².